The van der Waals surface area contributed by atoms with Crippen molar-refractivity contribution in [1.29, 1.82) is 0 Å². The van der Waals surface area contributed by atoms with Gasteiger partial charge in [0.1, 0.15) is 0 Å². The number of benzene rings is 1. The minimum absolute atomic E-state index is 0.0657. The fraction of sp³-hybridized carbons (Fsp3) is 0.300. The van der Waals surface area contributed by atoms with Gasteiger partial charge in [0, 0.05) is 12.5 Å². The molecule has 5 nitrogen and oxygen atoms in total. The Kier molecular flexibility index (Phi) is 2.74. The highest BCUT2D eigenvalue weighted by molar-refractivity contribution is 5.99. The SMILES string of the molecule is O=C1Cc2cc([N+](=O)[O-])c(CCF)c(F)c2N1. The summed E-state index contributed by atoms with van der Waals surface area (Å²) in [6.07, 6.45) is -0.478. The van der Waals surface area contributed by atoms with Crippen molar-refractivity contribution in [3.63, 3.8) is 0 Å². The number of carbonyl (C=O) groups excluding carboxylic acids is 1. The first-order valence-electron chi connectivity index (χ1n) is 4.89. The van der Waals surface area contributed by atoms with Crippen LogP contribution in [0.3, 0.4) is 0 Å². The average Bonchev–Trinajstić information content (AvgIpc) is 2.63. The van der Waals surface area contributed by atoms with E-state index in [1.54, 1.807) is 0 Å². The fourth-order valence-electron chi connectivity index (χ4n) is 1.85. The number of hydrogen-bond acceptors (Lipinski definition) is 3. The maximum atomic E-state index is 13.9. The normalized spacial score (nSPS) is 13.4. The van der Waals surface area contributed by atoms with Gasteiger partial charge in [0.15, 0.2) is 5.82 Å². The molecule has 17 heavy (non-hydrogen) atoms. The standard InChI is InChI=1S/C10H8F2N2O3/c11-2-1-6-7(14(16)17)3-5-4-8(15)13-10(5)9(6)12/h3H,1-2,4H2,(H,13,15). The van der Waals surface area contributed by atoms with Crippen LogP contribution in [0.5, 0.6) is 0 Å². The van der Waals surface area contributed by atoms with E-state index in [4.69, 9.17) is 0 Å². The van der Waals surface area contributed by atoms with Crippen LogP contribution in [0.25, 0.3) is 0 Å². The Morgan fingerprint density at radius 3 is 2.82 bits per heavy atom. The third-order valence-electron chi connectivity index (χ3n) is 2.58. The maximum absolute atomic E-state index is 13.9. The van der Waals surface area contributed by atoms with E-state index in [1.165, 1.54) is 0 Å². The van der Waals surface area contributed by atoms with E-state index in [1.807, 2.05) is 0 Å². The molecule has 1 aromatic rings. The number of anilines is 1. The highest BCUT2D eigenvalue weighted by atomic mass is 19.1. The summed E-state index contributed by atoms with van der Waals surface area (Å²) >= 11 is 0. The van der Waals surface area contributed by atoms with E-state index in [0.29, 0.717) is 0 Å². The first-order valence-corrected chi connectivity index (χ1v) is 4.89. The van der Waals surface area contributed by atoms with Crippen molar-refractivity contribution < 1.29 is 18.5 Å². The van der Waals surface area contributed by atoms with E-state index in [-0.39, 0.29) is 29.7 Å². The number of rotatable bonds is 3. The molecule has 1 aliphatic heterocycles. The van der Waals surface area contributed by atoms with Crippen LogP contribution in [0.4, 0.5) is 20.2 Å². The predicted molar refractivity (Wildman–Crippen MR) is 55.1 cm³/mol. The van der Waals surface area contributed by atoms with Crippen LogP contribution in [-0.2, 0) is 17.6 Å². The van der Waals surface area contributed by atoms with Crippen molar-refractivity contribution in [3.05, 3.63) is 33.1 Å². The predicted octanol–water partition coefficient (Wildman–Crippen LogP) is 1.74. The molecule has 0 saturated carbocycles. The fourth-order valence-corrected chi connectivity index (χ4v) is 1.85. The zero-order valence-electron chi connectivity index (χ0n) is 8.63. The summed E-state index contributed by atoms with van der Waals surface area (Å²) in [5.41, 5.74) is -0.611. The molecule has 0 aromatic heterocycles. The monoisotopic (exact) mass is 242 g/mol. The smallest absolute Gasteiger partial charge is 0.276 e. The molecule has 0 atom stereocenters. The summed E-state index contributed by atoms with van der Waals surface area (Å²) in [7, 11) is 0. The Labute approximate surface area is 94.6 Å². The summed E-state index contributed by atoms with van der Waals surface area (Å²) in [6, 6.07) is 1.13. The number of nitro groups is 1. The molecule has 1 aromatic carbocycles. The molecular weight excluding hydrogens is 234 g/mol. The molecule has 1 heterocycles. The Bertz CT molecular complexity index is 517. The molecule has 0 radical (unpaired) electrons. The van der Waals surface area contributed by atoms with Crippen LogP contribution in [0, 0.1) is 15.9 Å². The minimum atomic E-state index is -0.905. The number of nitro benzene ring substituents is 1. The molecule has 1 N–H and O–H groups in total. The molecule has 1 amide bonds. The molecule has 0 spiro atoms. The largest absolute Gasteiger partial charge is 0.323 e. The van der Waals surface area contributed by atoms with Crippen LogP contribution < -0.4 is 5.32 Å². The minimum Gasteiger partial charge on any atom is -0.323 e. The number of hydrogen-bond donors (Lipinski definition) is 1. The molecule has 0 bridgehead atoms. The van der Waals surface area contributed by atoms with Gasteiger partial charge in [-0.3, -0.25) is 19.3 Å². The lowest BCUT2D eigenvalue weighted by molar-refractivity contribution is -0.385. The molecule has 0 saturated heterocycles. The van der Waals surface area contributed by atoms with Crippen LogP contribution >= 0.6 is 0 Å². The van der Waals surface area contributed by atoms with Gasteiger partial charge < -0.3 is 5.32 Å². The molecule has 7 heteroatoms. The summed E-state index contributed by atoms with van der Waals surface area (Å²) in [6.45, 7) is -0.898. The first kappa shape index (κ1) is 11.4. The van der Waals surface area contributed by atoms with E-state index in [9.17, 15) is 23.7 Å². The number of carbonyl (C=O) groups is 1. The van der Waals surface area contributed by atoms with Crippen LogP contribution in [0.15, 0.2) is 6.07 Å². The lowest BCUT2D eigenvalue weighted by Crippen LogP contribution is -2.06. The molecule has 2 rings (SSSR count). The van der Waals surface area contributed by atoms with Gasteiger partial charge in [0.25, 0.3) is 5.69 Å². The van der Waals surface area contributed by atoms with Gasteiger partial charge in [-0.05, 0) is 5.56 Å². The highest BCUT2D eigenvalue weighted by Crippen LogP contribution is 2.35. The second-order valence-electron chi connectivity index (χ2n) is 3.64. The third-order valence-corrected chi connectivity index (χ3v) is 2.58. The zero-order valence-corrected chi connectivity index (χ0v) is 8.63. The van der Waals surface area contributed by atoms with Crippen molar-refractivity contribution in [2.75, 3.05) is 12.0 Å². The van der Waals surface area contributed by atoms with Gasteiger partial charge in [0.05, 0.1) is 29.3 Å². The second-order valence-corrected chi connectivity index (χ2v) is 3.64. The molecule has 90 valence electrons. The summed E-state index contributed by atoms with van der Waals surface area (Å²) in [5, 5.41) is 13.0. The molecule has 0 unspecified atom stereocenters. The van der Waals surface area contributed by atoms with E-state index >= 15 is 0 Å². The van der Waals surface area contributed by atoms with Gasteiger partial charge in [-0.25, -0.2) is 4.39 Å². The lowest BCUT2D eigenvalue weighted by Gasteiger charge is -2.07. The lowest BCUT2D eigenvalue weighted by atomic mass is 10.0. The van der Waals surface area contributed by atoms with Gasteiger partial charge in [-0.2, -0.15) is 0 Å². The highest BCUT2D eigenvalue weighted by Gasteiger charge is 2.29. The number of fused-ring (bicyclic) bond motifs is 1. The number of nitrogens with zero attached hydrogens (tertiary/aromatic N) is 1. The van der Waals surface area contributed by atoms with Gasteiger partial charge in [-0.15, -0.1) is 0 Å². The van der Waals surface area contributed by atoms with Gasteiger partial charge in [-0.1, -0.05) is 0 Å². The zero-order chi connectivity index (χ0) is 12.6. The van der Waals surface area contributed by atoms with E-state index < -0.39 is 29.0 Å². The molecule has 0 aliphatic carbocycles. The molecule has 1 aliphatic rings. The van der Waals surface area contributed by atoms with Crippen molar-refractivity contribution in [2.24, 2.45) is 0 Å². The molecular formula is C10H8F2N2O3. The summed E-state index contributed by atoms with van der Waals surface area (Å²) in [4.78, 5) is 21.1. The summed E-state index contributed by atoms with van der Waals surface area (Å²) < 4.78 is 26.1. The Morgan fingerprint density at radius 2 is 2.24 bits per heavy atom. The van der Waals surface area contributed by atoms with Gasteiger partial charge in [0.2, 0.25) is 5.91 Å². The third kappa shape index (κ3) is 1.83. The number of alkyl halides is 1. The van der Waals surface area contributed by atoms with Crippen LogP contribution in [0.2, 0.25) is 0 Å². The Balaban J connectivity index is 2.62. The molecule has 0 fully saturated rings. The topological polar surface area (TPSA) is 72.2 Å². The van der Waals surface area contributed by atoms with E-state index in [2.05, 4.69) is 5.32 Å². The van der Waals surface area contributed by atoms with Gasteiger partial charge >= 0.3 is 0 Å². The van der Waals surface area contributed by atoms with Crippen LogP contribution in [0.1, 0.15) is 11.1 Å². The summed E-state index contributed by atoms with van der Waals surface area (Å²) in [5.74, 6) is -1.33. The van der Waals surface area contributed by atoms with E-state index in [0.717, 1.165) is 6.07 Å². The first-order chi connectivity index (χ1) is 8.04. The second kappa shape index (κ2) is 4.08. The van der Waals surface area contributed by atoms with Crippen molar-refractivity contribution in [1.82, 2.24) is 0 Å². The maximum Gasteiger partial charge on any atom is 0.276 e. The number of amides is 1. The number of halogens is 2. The Hall–Kier alpha value is -2.05. The van der Waals surface area contributed by atoms with Crippen LogP contribution in [-0.4, -0.2) is 17.5 Å². The average molecular weight is 242 g/mol. The Morgan fingerprint density at radius 1 is 1.53 bits per heavy atom. The quantitative estimate of drug-likeness (QED) is 0.648. The van der Waals surface area contributed by atoms with Crippen molar-refractivity contribution in [2.45, 2.75) is 12.8 Å². The van der Waals surface area contributed by atoms with Crippen molar-refractivity contribution >= 4 is 17.3 Å². The van der Waals surface area contributed by atoms with Crippen molar-refractivity contribution in [3.8, 4) is 0 Å². The number of nitrogens with one attached hydrogen (secondary N) is 1.